The summed E-state index contributed by atoms with van der Waals surface area (Å²) in [6.07, 6.45) is 10.3. The van der Waals surface area contributed by atoms with E-state index in [9.17, 15) is 0 Å². The largest absolute Gasteiger partial charge is 0.354 e. The Hall–Kier alpha value is -1.13. The molecule has 1 aromatic heterocycles. The van der Waals surface area contributed by atoms with Crippen molar-refractivity contribution in [1.82, 2.24) is 14.8 Å². The Bertz CT molecular complexity index is 470. The van der Waals surface area contributed by atoms with Crippen molar-refractivity contribution in [3.8, 4) is 0 Å². The van der Waals surface area contributed by atoms with Gasteiger partial charge in [-0.05, 0) is 50.4 Å². The van der Waals surface area contributed by atoms with E-state index >= 15 is 0 Å². The van der Waals surface area contributed by atoms with Gasteiger partial charge >= 0.3 is 0 Å². The maximum Gasteiger partial charge on any atom is 0.128 e. The summed E-state index contributed by atoms with van der Waals surface area (Å²) in [5.41, 5.74) is 0. The highest BCUT2D eigenvalue weighted by Crippen LogP contribution is 2.20. The number of likely N-dealkylation sites (tertiary alicyclic amines) is 1. The molecule has 2 fully saturated rings. The lowest BCUT2D eigenvalue weighted by atomic mass is 9.96. The summed E-state index contributed by atoms with van der Waals surface area (Å²) in [7, 11) is 0. The van der Waals surface area contributed by atoms with E-state index in [0.29, 0.717) is 0 Å². The van der Waals surface area contributed by atoms with E-state index in [1.807, 2.05) is 12.3 Å². The molecule has 2 aliphatic rings. The SMILES string of the molecule is CCCCCCN1CCCC(CN2CCN(c3ccccn3)CC2)C1. The van der Waals surface area contributed by atoms with E-state index < -0.39 is 0 Å². The van der Waals surface area contributed by atoms with E-state index in [-0.39, 0.29) is 0 Å². The van der Waals surface area contributed by atoms with Gasteiger partial charge in [-0.2, -0.15) is 0 Å². The summed E-state index contributed by atoms with van der Waals surface area (Å²) in [4.78, 5) is 12.3. The van der Waals surface area contributed by atoms with Crippen LogP contribution in [0.4, 0.5) is 5.82 Å². The standard InChI is InChI=1S/C21H36N4/c1-2-3-4-7-12-23-13-8-9-20(18-23)19-24-14-16-25(17-15-24)21-10-5-6-11-22-21/h5-6,10-11,20H,2-4,7-9,12-19H2,1H3. The molecule has 3 rings (SSSR count). The van der Waals surface area contributed by atoms with E-state index in [2.05, 4.69) is 38.7 Å². The number of anilines is 1. The highest BCUT2D eigenvalue weighted by atomic mass is 15.3. The highest BCUT2D eigenvalue weighted by Gasteiger charge is 2.24. The molecule has 140 valence electrons. The third kappa shape index (κ3) is 5.96. The van der Waals surface area contributed by atoms with Crippen LogP contribution in [0.25, 0.3) is 0 Å². The zero-order valence-corrected chi connectivity index (χ0v) is 16.1. The molecule has 25 heavy (non-hydrogen) atoms. The molecule has 1 atom stereocenters. The number of nitrogens with zero attached hydrogens (tertiary/aromatic N) is 4. The van der Waals surface area contributed by atoms with Crippen LogP contribution >= 0.6 is 0 Å². The van der Waals surface area contributed by atoms with Crippen molar-refractivity contribution in [3.05, 3.63) is 24.4 Å². The molecule has 0 amide bonds. The summed E-state index contributed by atoms with van der Waals surface area (Å²) in [6, 6.07) is 6.22. The number of piperidine rings is 1. The topological polar surface area (TPSA) is 22.6 Å². The maximum absolute atomic E-state index is 4.50. The monoisotopic (exact) mass is 344 g/mol. The normalized spacial score (nSPS) is 23.1. The lowest BCUT2D eigenvalue weighted by Crippen LogP contribution is -2.49. The van der Waals surface area contributed by atoms with Crippen molar-refractivity contribution >= 4 is 5.82 Å². The number of pyridine rings is 1. The van der Waals surface area contributed by atoms with Gasteiger partial charge in [-0.3, -0.25) is 4.90 Å². The van der Waals surface area contributed by atoms with Crippen molar-refractivity contribution in [2.24, 2.45) is 5.92 Å². The minimum absolute atomic E-state index is 0.876. The van der Waals surface area contributed by atoms with Crippen LogP contribution in [-0.2, 0) is 0 Å². The predicted molar refractivity (Wildman–Crippen MR) is 106 cm³/mol. The van der Waals surface area contributed by atoms with Gasteiger partial charge < -0.3 is 9.80 Å². The first-order chi connectivity index (χ1) is 12.3. The van der Waals surface area contributed by atoms with Crippen molar-refractivity contribution in [1.29, 1.82) is 0 Å². The Morgan fingerprint density at radius 3 is 2.64 bits per heavy atom. The second-order valence-electron chi connectivity index (χ2n) is 7.85. The van der Waals surface area contributed by atoms with Crippen molar-refractivity contribution in [3.63, 3.8) is 0 Å². The molecule has 0 saturated carbocycles. The summed E-state index contributed by atoms with van der Waals surface area (Å²) in [5.74, 6) is 2.01. The molecule has 0 radical (unpaired) electrons. The van der Waals surface area contributed by atoms with Crippen LogP contribution in [0.2, 0.25) is 0 Å². The molecule has 1 unspecified atom stereocenters. The average Bonchev–Trinajstić information content (AvgIpc) is 2.67. The second kappa shape index (κ2) is 10.1. The van der Waals surface area contributed by atoms with Gasteiger partial charge in [0.1, 0.15) is 5.82 Å². The maximum atomic E-state index is 4.50. The first-order valence-corrected chi connectivity index (χ1v) is 10.5. The summed E-state index contributed by atoms with van der Waals surface area (Å²) in [6.45, 7) is 12.2. The van der Waals surface area contributed by atoms with E-state index in [4.69, 9.17) is 0 Å². The minimum atomic E-state index is 0.876. The first kappa shape index (κ1) is 18.7. The van der Waals surface area contributed by atoms with Crippen LogP contribution in [0.3, 0.4) is 0 Å². The molecule has 2 saturated heterocycles. The van der Waals surface area contributed by atoms with Crippen molar-refractivity contribution < 1.29 is 0 Å². The molecule has 3 heterocycles. The molecular weight excluding hydrogens is 308 g/mol. The number of unbranched alkanes of at least 4 members (excludes halogenated alkanes) is 3. The molecule has 1 aromatic rings. The minimum Gasteiger partial charge on any atom is -0.354 e. The molecule has 4 nitrogen and oxygen atoms in total. The van der Waals surface area contributed by atoms with E-state index in [0.717, 1.165) is 24.8 Å². The van der Waals surface area contributed by atoms with Crippen LogP contribution in [0.5, 0.6) is 0 Å². The fourth-order valence-electron chi connectivity index (χ4n) is 4.33. The smallest absolute Gasteiger partial charge is 0.128 e. The van der Waals surface area contributed by atoms with Crippen molar-refractivity contribution in [2.45, 2.75) is 45.4 Å². The van der Waals surface area contributed by atoms with Gasteiger partial charge in [0.25, 0.3) is 0 Å². The summed E-state index contributed by atoms with van der Waals surface area (Å²) >= 11 is 0. The molecule has 0 bridgehead atoms. The van der Waals surface area contributed by atoms with Crippen LogP contribution < -0.4 is 4.90 Å². The van der Waals surface area contributed by atoms with Gasteiger partial charge in [0, 0.05) is 45.5 Å². The first-order valence-electron chi connectivity index (χ1n) is 10.5. The molecule has 2 aliphatic heterocycles. The second-order valence-corrected chi connectivity index (χ2v) is 7.85. The van der Waals surface area contributed by atoms with Crippen LogP contribution in [0, 0.1) is 5.92 Å². The molecule has 0 spiro atoms. The molecule has 4 heteroatoms. The third-order valence-corrected chi connectivity index (χ3v) is 5.79. The number of hydrogen-bond acceptors (Lipinski definition) is 4. The van der Waals surface area contributed by atoms with Gasteiger partial charge in [0.2, 0.25) is 0 Å². The molecule has 0 aromatic carbocycles. The fraction of sp³-hybridized carbons (Fsp3) is 0.762. The Kier molecular flexibility index (Phi) is 7.55. The van der Waals surface area contributed by atoms with Crippen LogP contribution in [0.1, 0.15) is 45.4 Å². The van der Waals surface area contributed by atoms with Gasteiger partial charge in [-0.25, -0.2) is 4.98 Å². The lowest BCUT2D eigenvalue weighted by Gasteiger charge is -2.39. The Labute approximate surface area is 154 Å². The Morgan fingerprint density at radius 1 is 1.00 bits per heavy atom. The summed E-state index contributed by atoms with van der Waals surface area (Å²) < 4.78 is 0. The number of piperazine rings is 1. The number of rotatable bonds is 8. The average molecular weight is 345 g/mol. The van der Waals surface area contributed by atoms with E-state index in [1.165, 1.54) is 77.8 Å². The van der Waals surface area contributed by atoms with Gasteiger partial charge in [-0.15, -0.1) is 0 Å². The third-order valence-electron chi connectivity index (χ3n) is 5.79. The summed E-state index contributed by atoms with van der Waals surface area (Å²) in [5, 5.41) is 0. The fourth-order valence-corrected chi connectivity index (χ4v) is 4.33. The lowest BCUT2D eigenvalue weighted by molar-refractivity contribution is 0.128. The quantitative estimate of drug-likeness (QED) is 0.673. The number of aromatic nitrogens is 1. The van der Waals surface area contributed by atoms with E-state index in [1.54, 1.807) is 0 Å². The Balaban J connectivity index is 1.37. The zero-order valence-electron chi connectivity index (χ0n) is 16.1. The highest BCUT2D eigenvalue weighted by molar-refractivity contribution is 5.38. The Morgan fingerprint density at radius 2 is 1.88 bits per heavy atom. The van der Waals surface area contributed by atoms with Gasteiger partial charge in [-0.1, -0.05) is 32.3 Å². The zero-order chi connectivity index (χ0) is 17.3. The molecular formula is C21H36N4. The molecule has 0 aliphatic carbocycles. The van der Waals surface area contributed by atoms with Gasteiger partial charge in [0.05, 0.1) is 0 Å². The van der Waals surface area contributed by atoms with Crippen LogP contribution in [0.15, 0.2) is 24.4 Å². The van der Waals surface area contributed by atoms with Gasteiger partial charge in [0.15, 0.2) is 0 Å². The van der Waals surface area contributed by atoms with Crippen molar-refractivity contribution in [2.75, 3.05) is 57.3 Å². The van der Waals surface area contributed by atoms with Crippen LogP contribution in [-0.4, -0.2) is 67.1 Å². The predicted octanol–water partition coefficient (Wildman–Crippen LogP) is 3.50. The molecule has 0 N–H and O–H groups in total. The number of hydrogen-bond donors (Lipinski definition) is 0.